The summed E-state index contributed by atoms with van der Waals surface area (Å²) in [6.45, 7) is 0. The molecule has 2 aromatic heterocycles. The molecule has 2 aromatic carbocycles. The number of rotatable bonds is 1. The van der Waals surface area contributed by atoms with Crippen molar-refractivity contribution in [1.82, 2.24) is 9.78 Å². The molecule has 22 heavy (non-hydrogen) atoms. The van der Waals surface area contributed by atoms with Gasteiger partial charge in [0.1, 0.15) is 12.6 Å². The van der Waals surface area contributed by atoms with Gasteiger partial charge in [-0.3, -0.25) is 9.89 Å². The zero-order valence-corrected chi connectivity index (χ0v) is 14.0. The molecule has 0 fully saturated rings. The predicted molar refractivity (Wildman–Crippen MR) is 95.3 cm³/mol. The lowest BCUT2D eigenvalue weighted by Crippen LogP contribution is -2.33. The van der Waals surface area contributed by atoms with Crippen molar-refractivity contribution < 1.29 is 4.57 Å². The van der Waals surface area contributed by atoms with Crippen molar-refractivity contribution in [1.29, 1.82) is 0 Å². The summed E-state index contributed by atoms with van der Waals surface area (Å²) in [6.07, 6.45) is 1.99. The van der Waals surface area contributed by atoms with Gasteiger partial charge in [-0.05, 0) is 52.9 Å². The first-order chi connectivity index (χ1) is 10.6. The molecule has 108 valence electrons. The summed E-state index contributed by atoms with van der Waals surface area (Å²) in [5.74, 6) is 0. The summed E-state index contributed by atoms with van der Waals surface area (Å²) in [5.41, 5.74) is 2.34. The molecule has 1 N–H and O–H groups in total. The molecule has 0 bridgehead atoms. The standard InChI is InChI=1S/C17H12IN3O/c1-20-10-11-4-2-3-5-14(11)15-16(20)17(22)21(19-15)13-8-6-12(18)7-9-13/h2-10H,1H3/p+1. The van der Waals surface area contributed by atoms with E-state index in [4.69, 9.17) is 0 Å². The fourth-order valence-electron chi connectivity index (χ4n) is 2.83. The molecule has 0 spiro atoms. The van der Waals surface area contributed by atoms with E-state index < -0.39 is 0 Å². The summed E-state index contributed by atoms with van der Waals surface area (Å²) < 4.78 is 4.63. The minimum atomic E-state index is -0.0375. The molecule has 0 saturated carbocycles. The molecule has 0 radical (unpaired) electrons. The van der Waals surface area contributed by atoms with Crippen LogP contribution in [0, 0.1) is 3.57 Å². The van der Waals surface area contributed by atoms with Crippen molar-refractivity contribution in [3.05, 3.63) is 68.7 Å². The lowest BCUT2D eigenvalue weighted by Gasteiger charge is -2.00. The predicted octanol–water partition coefficient (Wildman–Crippen LogP) is 2.90. The number of aryl methyl sites for hydroxylation is 1. The number of hydrogen-bond acceptors (Lipinski definition) is 1. The van der Waals surface area contributed by atoms with Gasteiger partial charge >= 0.3 is 5.56 Å². The van der Waals surface area contributed by atoms with E-state index in [1.54, 1.807) is 4.68 Å². The van der Waals surface area contributed by atoms with Crippen LogP contribution in [0.5, 0.6) is 0 Å². The van der Waals surface area contributed by atoms with Gasteiger partial charge < -0.3 is 0 Å². The van der Waals surface area contributed by atoms with E-state index in [2.05, 4.69) is 33.8 Å². The first kappa shape index (κ1) is 13.5. The summed E-state index contributed by atoms with van der Waals surface area (Å²) >= 11 is 2.25. The second kappa shape index (κ2) is 4.95. The molecule has 4 rings (SSSR count). The van der Waals surface area contributed by atoms with Gasteiger partial charge in [-0.15, -0.1) is 0 Å². The van der Waals surface area contributed by atoms with Crippen molar-refractivity contribution in [2.45, 2.75) is 0 Å². The van der Waals surface area contributed by atoms with Crippen molar-refractivity contribution in [2.75, 3.05) is 0 Å². The van der Waals surface area contributed by atoms with E-state index >= 15 is 0 Å². The highest BCUT2D eigenvalue weighted by molar-refractivity contribution is 14.1. The Morgan fingerprint density at radius 2 is 1.82 bits per heavy atom. The number of halogens is 1. The smallest absolute Gasteiger partial charge is 0.284 e. The molecule has 0 atom stereocenters. The van der Waals surface area contributed by atoms with E-state index in [0.29, 0.717) is 5.52 Å². The number of H-pyrrole nitrogens is 1. The fraction of sp³-hybridized carbons (Fsp3) is 0.0588. The Bertz CT molecular complexity index is 1060. The van der Waals surface area contributed by atoms with Gasteiger partial charge in [0.2, 0.25) is 0 Å². The first-order valence-corrected chi connectivity index (χ1v) is 8.01. The van der Waals surface area contributed by atoms with Gasteiger partial charge in [0.15, 0.2) is 6.20 Å². The molecule has 0 aliphatic rings. The maximum atomic E-state index is 12.8. The van der Waals surface area contributed by atoms with E-state index in [0.717, 1.165) is 25.5 Å². The summed E-state index contributed by atoms with van der Waals surface area (Å²) in [4.78, 5) is 12.8. The second-order valence-electron chi connectivity index (χ2n) is 5.28. The van der Waals surface area contributed by atoms with E-state index in [1.165, 1.54) is 0 Å². The Labute approximate surface area is 140 Å². The number of benzene rings is 2. The highest BCUT2D eigenvalue weighted by Crippen LogP contribution is 2.19. The summed E-state index contributed by atoms with van der Waals surface area (Å²) in [6, 6.07) is 15.9. The van der Waals surface area contributed by atoms with Gasteiger partial charge in [-0.2, -0.15) is 4.57 Å². The summed E-state index contributed by atoms with van der Waals surface area (Å²) in [5, 5.41) is 5.42. The van der Waals surface area contributed by atoms with E-state index in [9.17, 15) is 4.79 Å². The number of hydrogen-bond donors (Lipinski definition) is 1. The molecule has 0 unspecified atom stereocenters. The number of aromatic amines is 1. The Balaban J connectivity index is 2.12. The molecule has 4 aromatic rings. The average molecular weight is 402 g/mol. The second-order valence-corrected chi connectivity index (χ2v) is 6.53. The van der Waals surface area contributed by atoms with Gasteiger partial charge in [-0.25, -0.2) is 4.68 Å². The molecule has 0 saturated heterocycles. The zero-order chi connectivity index (χ0) is 15.3. The molecular weight excluding hydrogens is 389 g/mol. The highest BCUT2D eigenvalue weighted by Gasteiger charge is 2.19. The van der Waals surface area contributed by atoms with Crippen LogP contribution in [0.1, 0.15) is 0 Å². The van der Waals surface area contributed by atoms with Crippen molar-refractivity contribution in [3.8, 4) is 5.69 Å². The van der Waals surface area contributed by atoms with Crippen LogP contribution in [0.4, 0.5) is 0 Å². The number of nitrogens with one attached hydrogen (secondary N) is 1. The fourth-order valence-corrected chi connectivity index (χ4v) is 3.19. The number of pyridine rings is 1. The topological polar surface area (TPSA) is 41.7 Å². The van der Waals surface area contributed by atoms with Gasteiger partial charge in [0.25, 0.3) is 5.52 Å². The van der Waals surface area contributed by atoms with Crippen molar-refractivity contribution in [3.63, 3.8) is 0 Å². The summed E-state index contributed by atoms with van der Waals surface area (Å²) in [7, 11) is 1.91. The van der Waals surface area contributed by atoms with Gasteiger partial charge in [0, 0.05) is 14.3 Å². The van der Waals surface area contributed by atoms with Gasteiger partial charge in [-0.1, -0.05) is 18.2 Å². The van der Waals surface area contributed by atoms with E-state index in [1.807, 2.05) is 60.3 Å². The Hall–Kier alpha value is -2.15. The third-order valence-electron chi connectivity index (χ3n) is 3.87. The minimum absolute atomic E-state index is 0.0375. The van der Waals surface area contributed by atoms with Crippen LogP contribution in [0.25, 0.3) is 27.5 Å². The van der Waals surface area contributed by atoms with E-state index in [-0.39, 0.29) is 5.56 Å². The molecule has 5 heteroatoms. The minimum Gasteiger partial charge on any atom is -0.284 e. The Morgan fingerprint density at radius 3 is 2.59 bits per heavy atom. The largest absolute Gasteiger partial charge is 0.344 e. The van der Waals surface area contributed by atoms with Crippen LogP contribution >= 0.6 is 22.6 Å². The maximum absolute atomic E-state index is 12.8. The number of fused-ring (bicyclic) bond motifs is 3. The van der Waals surface area contributed by atoms with Crippen LogP contribution in [-0.4, -0.2) is 9.78 Å². The van der Waals surface area contributed by atoms with Gasteiger partial charge in [0.05, 0.1) is 5.69 Å². The van der Waals surface area contributed by atoms with Crippen LogP contribution in [0.2, 0.25) is 0 Å². The molecular formula is C17H13IN3O+. The monoisotopic (exact) mass is 402 g/mol. The highest BCUT2D eigenvalue weighted by atomic mass is 127. The third-order valence-corrected chi connectivity index (χ3v) is 4.59. The lowest BCUT2D eigenvalue weighted by molar-refractivity contribution is -0.644. The lowest BCUT2D eigenvalue weighted by atomic mass is 10.1. The molecule has 4 nitrogen and oxygen atoms in total. The number of aromatic nitrogens is 3. The quantitative estimate of drug-likeness (QED) is 0.386. The first-order valence-electron chi connectivity index (χ1n) is 6.93. The van der Waals surface area contributed by atoms with Crippen LogP contribution < -0.4 is 10.1 Å². The molecule has 0 aliphatic heterocycles. The van der Waals surface area contributed by atoms with Crippen LogP contribution in [-0.2, 0) is 7.05 Å². The van der Waals surface area contributed by atoms with Crippen LogP contribution in [0.15, 0.2) is 59.5 Å². The SMILES string of the molecule is C[n+]1cc2ccccc2c2[nH]n(-c3ccc(I)cc3)c(=O)c21. The zero-order valence-electron chi connectivity index (χ0n) is 11.9. The average Bonchev–Trinajstić information content (AvgIpc) is 2.87. The Morgan fingerprint density at radius 1 is 1.09 bits per heavy atom. The molecule has 0 amide bonds. The number of nitrogens with zero attached hydrogens (tertiary/aromatic N) is 2. The van der Waals surface area contributed by atoms with Crippen molar-refractivity contribution in [2.24, 2.45) is 7.05 Å². The molecule has 0 aliphatic carbocycles. The van der Waals surface area contributed by atoms with Crippen LogP contribution in [0.3, 0.4) is 0 Å². The normalized spacial score (nSPS) is 11.4. The Kier molecular flexibility index (Phi) is 3.04. The third kappa shape index (κ3) is 1.96. The maximum Gasteiger partial charge on any atom is 0.344 e. The molecule has 2 heterocycles. The van der Waals surface area contributed by atoms with Crippen molar-refractivity contribution >= 4 is 44.4 Å².